The summed E-state index contributed by atoms with van der Waals surface area (Å²) >= 11 is 18.3. The Balaban J connectivity index is 2.13. The molecule has 2 aromatic carbocycles. The maximum atomic E-state index is 12.4. The number of carboxylic acid groups (broad SMARTS) is 1. The van der Waals surface area contributed by atoms with Crippen LogP contribution in [0.1, 0.15) is 24.5 Å². The van der Waals surface area contributed by atoms with Crippen molar-refractivity contribution >= 4 is 46.7 Å². The highest BCUT2D eigenvalue weighted by Crippen LogP contribution is 2.30. The first kappa shape index (κ1) is 26.4. The smallest absolute Gasteiger partial charge is 0.364 e. The summed E-state index contributed by atoms with van der Waals surface area (Å²) in [5.74, 6) is -3.96. The number of rotatable bonds is 12. The number of halogens is 3. The zero-order valence-corrected chi connectivity index (χ0v) is 19.8. The third kappa shape index (κ3) is 7.33. The second-order valence-electron chi connectivity index (χ2n) is 6.68. The van der Waals surface area contributed by atoms with Crippen molar-refractivity contribution in [2.75, 3.05) is 26.9 Å². The zero-order valence-electron chi connectivity index (χ0n) is 17.5. The number of hydrogen-bond acceptors (Lipinski definition) is 6. The van der Waals surface area contributed by atoms with Gasteiger partial charge in [0, 0.05) is 35.0 Å². The summed E-state index contributed by atoms with van der Waals surface area (Å²) in [5, 5.41) is 10.9. The van der Waals surface area contributed by atoms with Crippen LogP contribution in [-0.2, 0) is 30.2 Å². The van der Waals surface area contributed by atoms with Crippen LogP contribution in [0.15, 0.2) is 36.4 Å². The Morgan fingerprint density at radius 3 is 2.22 bits per heavy atom. The van der Waals surface area contributed by atoms with Gasteiger partial charge >= 0.3 is 11.9 Å². The van der Waals surface area contributed by atoms with Gasteiger partial charge in [0.25, 0.3) is 5.79 Å². The molecule has 0 radical (unpaired) electrons. The number of esters is 1. The number of hydrogen-bond donors (Lipinski definition) is 1. The van der Waals surface area contributed by atoms with Crippen LogP contribution in [0.2, 0.25) is 15.1 Å². The van der Waals surface area contributed by atoms with Gasteiger partial charge in [-0.1, -0.05) is 53.9 Å². The highest BCUT2D eigenvalue weighted by molar-refractivity contribution is 6.35. The van der Waals surface area contributed by atoms with Gasteiger partial charge < -0.3 is 24.1 Å². The van der Waals surface area contributed by atoms with E-state index >= 15 is 0 Å². The fourth-order valence-electron chi connectivity index (χ4n) is 2.78. The van der Waals surface area contributed by atoms with Gasteiger partial charge in [0.05, 0.1) is 13.2 Å². The highest BCUT2D eigenvalue weighted by Gasteiger charge is 2.40. The fraction of sp³-hybridized carbons (Fsp3) is 0.364. The fourth-order valence-corrected chi connectivity index (χ4v) is 3.42. The summed E-state index contributed by atoms with van der Waals surface area (Å²) in [6.45, 7) is 1.06. The van der Waals surface area contributed by atoms with E-state index in [-0.39, 0.29) is 25.4 Å². The summed E-state index contributed by atoms with van der Waals surface area (Å²) in [6.07, 6.45) is 0.321. The molecule has 0 aromatic heterocycles. The third-order valence-corrected chi connectivity index (χ3v) is 5.31. The number of carbonyl (C=O) groups excluding carboxylic acids is 1. The van der Waals surface area contributed by atoms with E-state index in [1.807, 2.05) is 0 Å². The lowest BCUT2D eigenvalue weighted by Crippen LogP contribution is -2.46. The molecule has 1 N–H and O–H groups in total. The van der Waals surface area contributed by atoms with E-state index in [4.69, 9.17) is 53.8 Å². The summed E-state index contributed by atoms with van der Waals surface area (Å²) in [5.41, 5.74) is 1.41. The first-order valence-electron chi connectivity index (χ1n) is 9.64. The molecule has 0 spiro atoms. The summed E-state index contributed by atoms with van der Waals surface area (Å²) < 4.78 is 20.9. The van der Waals surface area contributed by atoms with Crippen LogP contribution >= 0.6 is 34.8 Å². The molecule has 0 aliphatic heterocycles. The second-order valence-corrected chi connectivity index (χ2v) is 7.96. The Bertz CT molecular complexity index is 951. The predicted molar refractivity (Wildman–Crippen MR) is 121 cm³/mol. The highest BCUT2D eigenvalue weighted by atomic mass is 35.5. The van der Waals surface area contributed by atoms with Crippen molar-refractivity contribution < 1.29 is 33.6 Å². The molecule has 0 aliphatic rings. The minimum Gasteiger partial charge on any atom is -0.477 e. The van der Waals surface area contributed by atoms with E-state index < -0.39 is 24.3 Å². The quantitative estimate of drug-likeness (QED) is 0.188. The van der Waals surface area contributed by atoms with Gasteiger partial charge in [-0.05, 0) is 35.4 Å². The Kier molecular flexibility index (Phi) is 10.2. The van der Waals surface area contributed by atoms with Gasteiger partial charge in [-0.25, -0.2) is 9.59 Å². The molecule has 0 aliphatic carbocycles. The number of ether oxygens (including phenoxy) is 4. The maximum Gasteiger partial charge on any atom is 0.364 e. The average molecular weight is 506 g/mol. The van der Waals surface area contributed by atoms with E-state index in [2.05, 4.69) is 0 Å². The summed E-state index contributed by atoms with van der Waals surface area (Å²) in [4.78, 5) is 24.1. The molecule has 0 heterocycles. The van der Waals surface area contributed by atoms with Crippen LogP contribution in [0, 0.1) is 0 Å². The molecule has 1 unspecified atom stereocenters. The molecule has 7 nitrogen and oxygen atoms in total. The van der Waals surface area contributed by atoms with Crippen LogP contribution in [0.25, 0.3) is 0 Å². The normalized spacial score (nSPS) is 12.9. The minimum absolute atomic E-state index is 0.0218. The lowest BCUT2D eigenvalue weighted by atomic mass is 10.0. The van der Waals surface area contributed by atoms with Gasteiger partial charge in [-0.15, -0.1) is 0 Å². The largest absolute Gasteiger partial charge is 0.477 e. The molecular weight excluding hydrogens is 483 g/mol. The monoisotopic (exact) mass is 504 g/mol. The second kappa shape index (κ2) is 12.4. The van der Waals surface area contributed by atoms with Gasteiger partial charge in [-0.2, -0.15) is 0 Å². The van der Waals surface area contributed by atoms with Crippen molar-refractivity contribution in [3.8, 4) is 5.75 Å². The van der Waals surface area contributed by atoms with Gasteiger partial charge in [0.2, 0.25) is 0 Å². The summed E-state index contributed by atoms with van der Waals surface area (Å²) in [6, 6.07) is 9.94. The van der Waals surface area contributed by atoms with Crippen molar-refractivity contribution in [2.45, 2.75) is 25.6 Å². The molecule has 10 heteroatoms. The van der Waals surface area contributed by atoms with E-state index in [1.165, 1.54) is 13.2 Å². The van der Waals surface area contributed by atoms with Gasteiger partial charge in [-0.3, -0.25) is 0 Å². The van der Waals surface area contributed by atoms with Crippen molar-refractivity contribution in [1.82, 2.24) is 0 Å². The molecule has 0 fully saturated rings. The Morgan fingerprint density at radius 1 is 0.969 bits per heavy atom. The maximum absolute atomic E-state index is 12.4. The Labute approximate surface area is 201 Å². The molecule has 0 bridgehead atoms. The lowest BCUT2D eigenvalue weighted by molar-refractivity contribution is -0.248. The molecule has 0 saturated heterocycles. The topological polar surface area (TPSA) is 91.3 Å². The molecule has 0 amide bonds. The number of benzene rings is 2. The molecule has 174 valence electrons. The van der Waals surface area contributed by atoms with Crippen LogP contribution in [-0.4, -0.2) is 49.8 Å². The molecule has 0 saturated carbocycles. The Hall–Kier alpha value is -1.87. The SMILES string of the molecule is CCC(OCCOC)(OCC(=O)Oc1cc(Cl)ccc1Cc1ccc(Cl)cc1Cl)C(=O)O. The van der Waals surface area contributed by atoms with E-state index in [9.17, 15) is 14.7 Å². The van der Waals surface area contributed by atoms with Crippen LogP contribution < -0.4 is 4.74 Å². The van der Waals surface area contributed by atoms with Crippen molar-refractivity contribution in [3.63, 3.8) is 0 Å². The average Bonchev–Trinajstić information content (AvgIpc) is 2.74. The number of methoxy groups -OCH3 is 1. The minimum atomic E-state index is -1.99. The van der Waals surface area contributed by atoms with Crippen molar-refractivity contribution in [1.29, 1.82) is 0 Å². The number of carbonyl (C=O) groups is 2. The number of aliphatic carboxylic acids is 1. The van der Waals surface area contributed by atoms with Crippen molar-refractivity contribution in [3.05, 3.63) is 62.6 Å². The molecular formula is C22H23Cl3O7. The standard InChI is InChI=1S/C22H23Cl3O7/c1-3-22(21(27)28,30-9-8-29-2)31-13-20(26)32-19-12-17(24)7-5-15(19)10-14-4-6-16(23)11-18(14)25/h4-7,11-12H,3,8-10,13H2,1-2H3,(H,27,28). The van der Waals surface area contributed by atoms with Crippen LogP contribution in [0.3, 0.4) is 0 Å². The van der Waals surface area contributed by atoms with Gasteiger partial charge in [0.15, 0.2) is 0 Å². The summed E-state index contributed by atoms with van der Waals surface area (Å²) in [7, 11) is 1.45. The van der Waals surface area contributed by atoms with E-state index in [1.54, 1.807) is 37.3 Å². The first-order chi connectivity index (χ1) is 15.2. The molecule has 2 aromatic rings. The van der Waals surface area contributed by atoms with Crippen molar-refractivity contribution in [2.24, 2.45) is 0 Å². The predicted octanol–water partition coefficient (Wildman–Crippen LogP) is 5.01. The molecule has 2 rings (SSSR count). The first-order valence-corrected chi connectivity index (χ1v) is 10.8. The van der Waals surface area contributed by atoms with Gasteiger partial charge in [0.1, 0.15) is 12.4 Å². The third-order valence-electron chi connectivity index (χ3n) is 4.49. The molecule has 32 heavy (non-hydrogen) atoms. The van der Waals surface area contributed by atoms with E-state index in [0.29, 0.717) is 27.1 Å². The van der Waals surface area contributed by atoms with Crippen LogP contribution in [0.4, 0.5) is 0 Å². The van der Waals surface area contributed by atoms with E-state index in [0.717, 1.165) is 5.56 Å². The lowest BCUT2D eigenvalue weighted by Gasteiger charge is -2.27. The van der Waals surface area contributed by atoms with Crippen LogP contribution in [0.5, 0.6) is 5.75 Å². The molecule has 1 atom stereocenters. The Morgan fingerprint density at radius 2 is 1.62 bits per heavy atom. The zero-order chi connectivity index (χ0) is 23.7. The number of carboxylic acids is 1.